The van der Waals surface area contributed by atoms with Gasteiger partial charge in [0.05, 0.1) is 28.8 Å². The normalized spacial score (nSPS) is 11.7. The van der Waals surface area contributed by atoms with Crippen LogP contribution in [-0.4, -0.2) is 24.1 Å². The maximum atomic E-state index is 14.2. The van der Waals surface area contributed by atoms with E-state index in [9.17, 15) is 14.9 Å². The molecule has 2 aromatic carbocycles. The summed E-state index contributed by atoms with van der Waals surface area (Å²) in [7, 11) is 0. The molecule has 0 fully saturated rings. The van der Waals surface area contributed by atoms with E-state index in [1.54, 1.807) is 27.5 Å². The molecule has 0 spiro atoms. The van der Waals surface area contributed by atoms with Crippen LogP contribution in [0.2, 0.25) is 0 Å². The maximum absolute atomic E-state index is 14.2. The monoisotopic (exact) mass is 504 g/mol. The van der Waals surface area contributed by atoms with Gasteiger partial charge in [-0.25, -0.2) is 9.97 Å². The van der Waals surface area contributed by atoms with Gasteiger partial charge in [-0.3, -0.25) is 14.2 Å². The Morgan fingerprint density at radius 2 is 1.84 bits per heavy atom. The standard InChI is InChI=1S/C28H24N8O2/c1-3-35-16-18(12-13-23(35)37)21-10-7-11-22-24(21)27(38)36(20-8-5-4-6-9-20)26(33-22)17(2)32-25-19(14-29)15-31-28(30)34-25/h4-13,15-17H,3H2,1-2H3,(H3,30,31,32,34)/t17-/m0/s1. The molecule has 0 amide bonds. The number of aryl methyl sites for hydroxylation is 1. The van der Waals surface area contributed by atoms with Gasteiger partial charge in [0, 0.05) is 18.8 Å². The molecule has 0 saturated heterocycles. The van der Waals surface area contributed by atoms with Crippen LogP contribution < -0.4 is 22.2 Å². The Labute approximate surface area is 217 Å². The van der Waals surface area contributed by atoms with Crippen molar-refractivity contribution in [3.63, 3.8) is 0 Å². The molecule has 10 heteroatoms. The van der Waals surface area contributed by atoms with Crippen molar-refractivity contribution >= 4 is 22.7 Å². The Balaban J connectivity index is 1.75. The highest BCUT2D eigenvalue weighted by atomic mass is 16.1. The molecular formula is C28H24N8O2. The third kappa shape index (κ3) is 4.37. The van der Waals surface area contributed by atoms with Gasteiger partial charge >= 0.3 is 0 Å². The van der Waals surface area contributed by atoms with Gasteiger partial charge in [0.25, 0.3) is 11.1 Å². The molecule has 38 heavy (non-hydrogen) atoms. The average molecular weight is 505 g/mol. The third-order valence-electron chi connectivity index (χ3n) is 6.24. The van der Waals surface area contributed by atoms with E-state index in [1.807, 2.05) is 62.4 Å². The summed E-state index contributed by atoms with van der Waals surface area (Å²) in [6, 6.07) is 19.4. The van der Waals surface area contributed by atoms with Crippen molar-refractivity contribution < 1.29 is 0 Å². The fraction of sp³-hybridized carbons (Fsp3) is 0.143. The molecule has 0 saturated carbocycles. The van der Waals surface area contributed by atoms with Crippen LogP contribution in [0.25, 0.3) is 27.7 Å². The first-order valence-corrected chi connectivity index (χ1v) is 12.0. The van der Waals surface area contributed by atoms with E-state index in [0.717, 1.165) is 5.56 Å². The van der Waals surface area contributed by atoms with Crippen molar-refractivity contribution in [2.45, 2.75) is 26.4 Å². The lowest BCUT2D eigenvalue weighted by molar-refractivity contribution is 0.728. The molecule has 3 heterocycles. The largest absolute Gasteiger partial charge is 0.368 e. The number of rotatable bonds is 6. The summed E-state index contributed by atoms with van der Waals surface area (Å²) in [5.41, 5.74) is 8.14. The first-order valence-electron chi connectivity index (χ1n) is 12.0. The summed E-state index contributed by atoms with van der Waals surface area (Å²) in [5.74, 6) is 0.686. The fourth-order valence-corrected chi connectivity index (χ4v) is 4.40. The Kier molecular flexibility index (Phi) is 6.41. The fourth-order valence-electron chi connectivity index (χ4n) is 4.40. The zero-order valence-corrected chi connectivity index (χ0v) is 20.8. The van der Waals surface area contributed by atoms with Gasteiger partial charge in [0.15, 0.2) is 0 Å². The number of nitriles is 1. The zero-order valence-electron chi connectivity index (χ0n) is 20.8. The van der Waals surface area contributed by atoms with Crippen molar-refractivity contribution in [1.29, 1.82) is 5.26 Å². The lowest BCUT2D eigenvalue weighted by Crippen LogP contribution is -2.28. The average Bonchev–Trinajstić information content (AvgIpc) is 2.93. The molecule has 3 N–H and O–H groups in total. The number of nitrogens with one attached hydrogen (secondary N) is 1. The number of nitrogens with zero attached hydrogens (tertiary/aromatic N) is 6. The molecule has 3 aromatic heterocycles. The molecular weight excluding hydrogens is 480 g/mol. The number of fused-ring (bicyclic) bond motifs is 1. The predicted octanol–water partition coefficient (Wildman–Crippen LogP) is 3.65. The Hall–Kier alpha value is -5.30. The van der Waals surface area contributed by atoms with E-state index in [1.165, 1.54) is 12.3 Å². The molecule has 10 nitrogen and oxygen atoms in total. The van der Waals surface area contributed by atoms with Gasteiger partial charge in [0.1, 0.15) is 23.3 Å². The number of nitrogen functional groups attached to an aromatic ring is 1. The van der Waals surface area contributed by atoms with Gasteiger partial charge in [0.2, 0.25) is 5.95 Å². The minimum Gasteiger partial charge on any atom is -0.368 e. The second kappa shape index (κ2) is 9.99. The minimum absolute atomic E-state index is 0.0173. The topological polar surface area (TPSA) is 145 Å². The summed E-state index contributed by atoms with van der Waals surface area (Å²) in [6.45, 7) is 4.23. The van der Waals surface area contributed by atoms with Crippen molar-refractivity contribution in [2.24, 2.45) is 0 Å². The Morgan fingerprint density at radius 1 is 1.05 bits per heavy atom. The van der Waals surface area contributed by atoms with Crippen molar-refractivity contribution in [3.05, 3.63) is 105 Å². The molecule has 5 rings (SSSR count). The summed E-state index contributed by atoms with van der Waals surface area (Å²) in [5, 5.41) is 13.1. The highest BCUT2D eigenvalue weighted by molar-refractivity contribution is 5.94. The highest BCUT2D eigenvalue weighted by Crippen LogP contribution is 2.28. The molecule has 5 aromatic rings. The van der Waals surface area contributed by atoms with Crippen LogP contribution in [0.4, 0.5) is 11.8 Å². The lowest BCUT2D eigenvalue weighted by Gasteiger charge is -2.21. The molecule has 0 unspecified atom stereocenters. The summed E-state index contributed by atoms with van der Waals surface area (Å²) in [4.78, 5) is 39.4. The van der Waals surface area contributed by atoms with Gasteiger partial charge < -0.3 is 15.6 Å². The highest BCUT2D eigenvalue weighted by Gasteiger charge is 2.21. The van der Waals surface area contributed by atoms with Gasteiger partial charge in [-0.05, 0) is 49.2 Å². The SMILES string of the molecule is CCn1cc(-c2cccc3nc([C@H](C)Nc4nc(N)ncc4C#N)n(-c4ccccc4)c(=O)c23)ccc1=O. The number of para-hydroxylation sites is 1. The van der Waals surface area contributed by atoms with Gasteiger partial charge in [-0.2, -0.15) is 10.2 Å². The first-order chi connectivity index (χ1) is 18.4. The second-order valence-electron chi connectivity index (χ2n) is 8.66. The molecule has 188 valence electrons. The van der Waals surface area contributed by atoms with Crippen LogP contribution in [0, 0.1) is 11.3 Å². The number of aromatic nitrogens is 5. The number of hydrogen-bond donors (Lipinski definition) is 2. The Bertz CT molecular complexity index is 1820. The van der Waals surface area contributed by atoms with E-state index in [2.05, 4.69) is 15.3 Å². The molecule has 0 radical (unpaired) electrons. The number of pyridine rings is 1. The predicted molar refractivity (Wildman–Crippen MR) is 146 cm³/mol. The van der Waals surface area contributed by atoms with E-state index >= 15 is 0 Å². The van der Waals surface area contributed by atoms with Crippen LogP contribution in [0.15, 0.2) is 82.6 Å². The summed E-state index contributed by atoms with van der Waals surface area (Å²) < 4.78 is 3.15. The first kappa shape index (κ1) is 24.4. The van der Waals surface area contributed by atoms with Crippen LogP contribution >= 0.6 is 0 Å². The quantitative estimate of drug-likeness (QED) is 0.356. The summed E-state index contributed by atoms with van der Waals surface area (Å²) in [6.07, 6.45) is 3.10. The zero-order chi connectivity index (χ0) is 26.8. The van der Waals surface area contributed by atoms with E-state index in [0.29, 0.717) is 34.5 Å². The molecule has 1 atom stereocenters. The van der Waals surface area contributed by atoms with E-state index in [4.69, 9.17) is 10.7 Å². The van der Waals surface area contributed by atoms with Crippen LogP contribution in [0.5, 0.6) is 0 Å². The number of nitrogens with two attached hydrogens (primary N) is 1. The minimum atomic E-state index is -0.542. The van der Waals surface area contributed by atoms with Gasteiger partial charge in [-0.1, -0.05) is 30.3 Å². The van der Waals surface area contributed by atoms with E-state index < -0.39 is 6.04 Å². The molecule has 0 bridgehead atoms. The second-order valence-corrected chi connectivity index (χ2v) is 8.66. The van der Waals surface area contributed by atoms with Crippen LogP contribution in [-0.2, 0) is 6.54 Å². The van der Waals surface area contributed by atoms with Crippen LogP contribution in [0.3, 0.4) is 0 Å². The molecule has 0 aliphatic heterocycles. The van der Waals surface area contributed by atoms with Crippen molar-refractivity contribution in [2.75, 3.05) is 11.1 Å². The van der Waals surface area contributed by atoms with Crippen molar-refractivity contribution in [1.82, 2.24) is 24.1 Å². The van der Waals surface area contributed by atoms with E-state index in [-0.39, 0.29) is 28.4 Å². The molecule has 0 aliphatic rings. The molecule has 0 aliphatic carbocycles. The lowest BCUT2D eigenvalue weighted by atomic mass is 10.0. The Morgan fingerprint density at radius 3 is 2.58 bits per heavy atom. The number of benzene rings is 2. The number of anilines is 2. The van der Waals surface area contributed by atoms with Crippen molar-refractivity contribution in [3.8, 4) is 22.9 Å². The summed E-state index contributed by atoms with van der Waals surface area (Å²) >= 11 is 0. The van der Waals surface area contributed by atoms with Crippen LogP contribution in [0.1, 0.15) is 31.3 Å². The van der Waals surface area contributed by atoms with Gasteiger partial charge in [-0.15, -0.1) is 0 Å². The smallest absolute Gasteiger partial charge is 0.266 e. The maximum Gasteiger partial charge on any atom is 0.266 e. The third-order valence-corrected chi connectivity index (χ3v) is 6.24. The number of hydrogen-bond acceptors (Lipinski definition) is 8.